The van der Waals surface area contributed by atoms with Crippen molar-refractivity contribution in [1.82, 2.24) is 14.9 Å². The lowest BCUT2D eigenvalue weighted by Gasteiger charge is -2.40. The van der Waals surface area contributed by atoms with Crippen LogP contribution in [0.2, 0.25) is 10.0 Å². The van der Waals surface area contributed by atoms with E-state index in [1.807, 2.05) is 24.3 Å². The van der Waals surface area contributed by atoms with Gasteiger partial charge in [-0.1, -0.05) is 53.5 Å². The third-order valence-corrected chi connectivity index (χ3v) is 6.30. The first-order chi connectivity index (χ1) is 14.0. The Bertz CT molecular complexity index is 1190. The molecule has 5 rings (SSSR count). The molecule has 8 heteroatoms. The predicted molar refractivity (Wildman–Crippen MR) is 112 cm³/mol. The van der Waals surface area contributed by atoms with E-state index in [-0.39, 0.29) is 18.4 Å². The number of carbonyl (C=O) groups excluding carboxylic acids is 2. The van der Waals surface area contributed by atoms with Gasteiger partial charge in [0.15, 0.2) is 0 Å². The predicted octanol–water partition coefficient (Wildman–Crippen LogP) is 3.60. The lowest BCUT2D eigenvalue weighted by Crippen LogP contribution is -2.60. The number of rotatable bonds is 2. The zero-order valence-corrected chi connectivity index (χ0v) is 16.7. The van der Waals surface area contributed by atoms with Crippen molar-refractivity contribution < 1.29 is 9.59 Å². The summed E-state index contributed by atoms with van der Waals surface area (Å²) in [5, 5.41) is 7.32. The molecule has 0 unspecified atom stereocenters. The van der Waals surface area contributed by atoms with Gasteiger partial charge in [0.1, 0.15) is 12.6 Å². The first kappa shape index (κ1) is 18.2. The van der Waals surface area contributed by atoms with Crippen molar-refractivity contribution >= 4 is 52.1 Å². The molecule has 2 aliphatic rings. The fraction of sp³-hybridized carbons (Fsp3) is 0.190. The minimum Gasteiger partial charge on any atom is -0.357 e. The van der Waals surface area contributed by atoms with Crippen LogP contribution in [0.5, 0.6) is 0 Å². The molecule has 2 aromatic carbocycles. The van der Waals surface area contributed by atoms with Crippen LogP contribution in [0.1, 0.15) is 16.8 Å². The summed E-state index contributed by atoms with van der Waals surface area (Å²) in [5.41, 5.74) is 3.69. The molecular formula is C21H16Cl2N4O2. The molecule has 0 radical (unpaired) electrons. The largest absolute Gasteiger partial charge is 0.357 e. The first-order valence-corrected chi connectivity index (χ1v) is 9.96. The second-order valence-corrected chi connectivity index (χ2v) is 7.94. The number of hydrazone groups is 1. The number of halogens is 2. The average molecular weight is 427 g/mol. The number of benzene rings is 2. The molecule has 2 aliphatic heterocycles. The Morgan fingerprint density at radius 1 is 1.07 bits per heavy atom. The molecule has 1 atom stereocenters. The molecule has 3 heterocycles. The second-order valence-electron chi connectivity index (χ2n) is 7.15. The van der Waals surface area contributed by atoms with E-state index in [0.29, 0.717) is 28.6 Å². The number of piperazine rings is 1. The molecule has 1 aromatic heterocycles. The van der Waals surface area contributed by atoms with Crippen molar-refractivity contribution in [3.8, 4) is 0 Å². The number of hydrogen-bond acceptors (Lipinski definition) is 3. The van der Waals surface area contributed by atoms with Crippen LogP contribution < -0.4 is 0 Å². The zero-order valence-electron chi connectivity index (χ0n) is 15.2. The van der Waals surface area contributed by atoms with Gasteiger partial charge in [0.05, 0.1) is 22.8 Å². The van der Waals surface area contributed by atoms with Gasteiger partial charge in [0.2, 0.25) is 5.91 Å². The maximum Gasteiger partial charge on any atom is 0.266 e. The van der Waals surface area contributed by atoms with Gasteiger partial charge in [-0.15, -0.1) is 0 Å². The molecule has 1 saturated heterocycles. The van der Waals surface area contributed by atoms with Crippen molar-refractivity contribution in [2.75, 3.05) is 6.54 Å². The molecule has 29 heavy (non-hydrogen) atoms. The lowest BCUT2D eigenvalue weighted by molar-refractivity contribution is -0.157. The minimum atomic E-state index is -0.560. The van der Waals surface area contributed by atoms with Crippen molar-refractivity contribution in [2.45, 2.75) is 19.0 Å². The maximum atomic E-state index is 13.1. The highest BCUT2D eigenvalue weighted by atomic mass is 35.5. The summed E-state index contributed by atoms with van der Waals surface area (Å²) in [6, 6.07) is 12.6. The number of aromatic amines is 1. The van der Waals surface area contributed by atoms with Crippen LogP contribution in [-0.2, 0) is 22.6 Å². The van der Waals surface area contributed by atoms with Gasteiger partial charge in [-0.3, -0.25) is 9.59 Å². The van der Waals surface area contributed by atoms with E-state index >= 15 is 0 Å². The monoisotopic (exact) mass is 426 g/mol. The van der Waals surface area contributed by atoms with Crippen LogP contribution in [0.4, 0.5) is 0 Å². The SMILES string of the molecule is O=C1[C@H]2Cc3c([nH]c4ccccc34)CN2C(=O)CN1N=Cc1cccc(Cl)c1Cl. The van der Waals surface area contributed by atoms with Crippen molar-refractivity contribution in [2.24, 2.45) is 5.10 Å². The number of nitrogens with zero attached hydrogens (tertiary/aromatic N) is 3. The van der Waals surface area contributed by atoms with Crippen molar-refractivity contribution in [3.05, 3.63) is 69.3 Å². The van der Waals surface area contributed by atoms with Crippen LogP contribution in [0, 0.1) is 0 Å². The van der Waals surface area contributed by atoms with Gasteiger partial charge in [-0.05, 0) is 17.7 Å². The Morgan fingerprint density at radius 2 is 1.90 bits per heavy atom. The summed E-state index contributed by atoms with van der Waals surface area (Å²) in [6.07, 6.45) is 1.93. The normalized spacial score (nSPS) is 19.2. The van der Waals surface area contributed by atoms with Gasteiger partial charge in [-0.2, -0.15) is 5.10 Å². The van der Waals surface area contributed by atoms with E-state index in [9.17, 15) is 9.59 Å². The summed E-state index contributed by atoms with van der Waals surface area (Å²) >= 11 is 12.2. The summed E-state index contributed by atoms with van der Waals surface area (Å²) < 4.78 is 0. The van der Waals surface area contributed by atoms with E-state index in [1.165, 1.54) is 11.2 Å². The Morgan fingerprint density at radius 3 is 2.76 bits per heavy atom. The number of fused-ring (bicyclic) bond motifs is 4. The third kappa shape index (κ3) is 2.99. The molecule has 1 fully saturated rings. The van der Waals surface area contributed by atoms with Crippen LogP contribution in [-0.4, -0.2) is 45.5 Å². The van der Waals surface area contributed by atoms with Crippen LogP contribution in [0.25, 0.3) is 10.9 Å². The van der Waals surface area contributed by atoms with Crippen LogP contribution in [0.15, 0.2) is 47.6 Å². The van der Waals surface area contributed by atoms with Crippen molar-refractivity contribution in [1.29, 1.82) is 0 Å². The topological polar surface area (TPSA) is 68.8 Å². The number of H-pyrrole nitrogens is 1. The highest BCUT2D eigenvalue weighted by Crippen LogP contribution is 2.32. The number of nitrogens with one attached hydrogen (secondary N) is 1. The average Bonchev–Trinajstić information content (AvgIpc) is 3.09. The molecule has 0 spiro atoms. The fourth-order valence-electron chi connectivity index (χ4n) is 4.01. The van der Waals surface area contributed by atoms with Gasteiger partial charge < -0.3 is 9.88 Å². The Balaban J connectivity index is 1.45. The zero-order chi connectivity index (χ0) is 20.1. The summed E-state index contributed by atoms with van der Waals surface area (Å²) in [5.74, 6) is -0.330. The standard InChI is InChI=1S/C21H16Cl2N4O2/c22-15-6-3-4-12(20(15)23)9-24-27-11-19(28)26-10-17-14(8-18(26)21(27)29)13-5-1-2-7-16(13)25-17/h1-7,9,18,25H,8,10-11H2/t18-/m1/s1. The van der Waals surface area contributed by atoms with E-state index in [1.54, 1.807) is 23.1 Å². The van der Waals surface area contributed by atoms with Gasteiger partial charge in [0.25, 0.3) is 5.91 Å². The smallest absolute Gasteiger partial charge is 0.266 e. The molecule has 1 N–H and O–H groups in total. The highest BCUT2D eigenvalue weighted by molar-refractivity contribution is 6.43. The fourth-order valence-corrected chi connectivity index (χ4v) is 4.37. The molecule has 0 saturated carbocycles. The van der Waals surface area contributed by atoms with E-state index in [0.717, 1.165) is 22.2 Å². The van der Waals surface area contributed by atoms with E-state index in [2.05, 4.69) is 10.1 Å². The summed E-state index contributed by atoms with van der Waals surface area (Å²) in [7, 11) is 0. The number of hydrogen-bond donors (Lipinski definition) is 1. The first-order valence-electron chi connectivity index (χ1n) is 9.20. The molecule has 0 aliphatic carbocycles. The maximum absolute atomic E-state index is 13.1. The highest BCUT2D eigenvalue weighted by Gasteiger charge is 2.43. The van der Waals surface area contributed by atoms with Crippen molar-refractivity contribution in [3.63, 3.8) is 0 Å². The molecular weight excluding hydrogens is 411 g/mol. The summed E-state index contributed by atoms with van der Waals surface area (Å²) in [6.45, 7) is 0.302. The Labute approximate surface area is 176 Å². The number of carbonyl (C=O) groups is 2. The van der Waals surface area contributed by atoms with Crippen LogP contribution in [0.3, 0.4) is 0 Å². The summed E-state index contributed by atoms with van der Waals surface area (Å²) in [4.78, 5) is 30.8. The minimum absolute atomic E-state index is 0.0976. The second kappa shape index (κ2) is 6.90. The third-order valence-electron chi connectivity index (χ3n) is 5.47. The number of amides is 2. The van der Waals surface area contributed by atoms with Gasteiger partial charge >= 0.3 is 0 Å². The van der Waals surface area contributed by atoms with Gasteiger partial charge in [-0.25, -0.2) is 5.01 Å². The van der Waals surface area contributed by atoms with Gasteiger partial charge in [0, 0.05) is 28.6 Å². The molecule has 3 aromatic rings. The number of aromatic nitrogens is 1. The molecule has 0 bridgehead atoms. The quantitative estimate of drug-likeness (QED) is 0.635. The number of para-hydroxylation sites is 1. The Hall–Kier alpha value is -2.83. The molecule has 146 valence electrons. The molecule has 2 amide bonds. The Kier molecular flexibility index (Phi) is 4.33. The van der Waals surface area contributed by atoms with E-state index in [4.69, 9.17) is 23.2 Å². The molecule has 6 nitrogen and oxygen atoms in total. The van der Waals surface area contributed by atoms with E-state index < -0.39 is 6.04 Å². The van der Waals surface area contributed by atoms with Crippen LogP contribution >= 0.6 is 23.2 Å². The lowest BCUT2D eigenvalue weighted by atomic mass is 9.94.